The van der Waals surface area contributed by atoms with E-state index in [4.69, 9.17) is 0 Å². The number of carbonyl (C=O) groups excluding carboxylic acids is 4. The van der Waals surface area contributed by atoms with Crippen LogP contribution in [0.1, 0.15) is 53.8 Å². The molecule has 0 N–H and O–H groups in total. The summed E-state index contributed by atoms with van der Waals surface area (Å²) >= 11 is 0. The van der Waals surface area contributed by atoms with Gasteiger partial charge in [0.05, 0.1) is 5.92 Å². The third kappa shape index (κ3) is 4.33. The molecule has 2 aromatic rings. The van der Waals surface area contributed by atoms with Crippen molar-refractivity contribution in [2.75, 3.05) is 0 Å². The van der Waals surface area contributed by atoms with Gasteiger partial charge in [-0.2, -0.15) is 0 Å². The Morgan fingerprint density at radius 1 is 0.857 bits per heavy atom. The molecule has 1 unspecified atom stereocenters. The van der Waals surface area contributed by atoms with Crippen LogP contribution in [0.4, 0.5) is 0 Å². The van der Waals surface area contributed by atoms with Gasteiger partial charge >= 0.3 is 0 Å². The summed E-state index contributed by atoms with van der Waals surface area (Å²) in [5.41, 5.74) is 0.484. The van der Waals surface area contributed by atoms with Crippen molar-refractivity contribution in [3.05, 3.63) is 71.8 Å². The third-order valence-electron chi connectivity index (χ3n) is 5.30. The fourth-order valence-electron chi connectivity index (χ4n) is 3.97. The number of hydrogen-bond acceptors (Lipinski definition) is 4. The minimum absolute atomic E-state index is 0.152. The van der Waals surface area contributed by atoms with E-state index < -0.39 is 17.3 Å². The molecule has 4 heteroatoms. The largest absolute Gasteiger partial charge is 0.299 e. The Bertz CT molecular complexity index is 877. The smallest absolute Gasteiger partial charge is 0.167 e. The molecule has 0 aliphatic heterocycles. The molecule has 1 fully saturated rings. The number of rotatable bonds is 6. The van der Waals surface area contributed by atoms with Crippen LogP contribution in [-0.4, -0.2) is 23.1 Å². The van der Waals surface area contributed by atoms with Crippen LogP contribution < -0.4 is 0 Å². The van der Waals surface area contributed by atoms with Crippen LogP contribution in [0.2, 0.25) is 0 Å². The summed E-state index contributed by atoms with van der Waals surface area (Å²) in [6.07, 6.45) is 0.323. The predicted octanol–water partition coefficient (Wildman–Crippen LogP) is 4.33. The van der Waals surface area contributed by atoms with Crippen molar-refractivity contribution in [2.45, 2.75) is 33.1 Å². The molecule has 0 aromatic heterocycles. The summed E-state index contributed by atoms with van der Waals surface area (Å²) in [5.74, 6) is -3.05. The van der Waals surface area contributed by atoms with Crippen molar-refractivity contribution < 1.29 is 19.2 Å². The van der Waals surface area contributed by atoms with Gasteiger partial charge in [0.15, 0.2) is 11.6 Å². The van der Waals surface area contributed by atoms with Crippen LogP contribution in [0.25, 0.3) is 0 Å². The Balaban J connectivity index is 1.95. The highest BCUT2D eigenvalue weighted by Crippen LogP contribution is 2.38. The van der Waals surface area contributed by atoms with Gasteiger partial charge in [-0.1, -0.05) is 74.5 Å². The van der Waals surface area contributed by atoms with E-state index >= 15 is 0 Å². The first-order chi connectivity index (χ1) is 13.3. The van der Waals surface area contributed by atoms with Gasteiger partial charge < -0.3 is 0 Å². The lowest BCUT2D eigenvalue weighted by atomic mass is 9.65. The fourth-order valence-corrected chi connectivity index (χ4v) is 3.97. The van der Waals surface area contributed by atoms with Gasteiger partial charge in [-0.15, -0.1) is 0 Å². The molecule has 2 aromatic carbocycles. The number of ketones is 4. The van der Waals surface area contributed by atoms with E-state index in [9.17, 15) is 19.2 Å². The van der Waals surface area contributed by atoms with Crippen LogP contribution in [0.5, 0.6) is 0 Å². The Labute approximate surface area is 165 Å². The Morgan fingerprint density at radius 2 is 1.32 bits per heavy atom. The van der Waals surface area contributed by atoms with Crippen LogP contribution in [0, 0.1) is 17.3 Å². The van der Waals surface area contributed by atoms with E-state index in [1.54, 1.807) is 60.7 Å². The number of hydrogen-bond donors (Lipinski definition) is 0. The normalized spacial score (nSPS) is 17.9. The highest BCUT2D eigenvalue weighted by Gasteiger charge is 2.46. The van der Waals surface area contributed by atoms with E-state index in [0.29, 0.717) is 11.1 Å². The average Bonchev–Trinajstić information content (AvgIpc) is 2.66. The van der Waals surface area contributed by atoms with Crippen molar-refractivity contribution >= 4 is 23.1 Å². The summed E-state index contributed by atoms with van der Waals surface area (Å²) in [6, 6.07) is 17.2. The molecule has 1 aliphatic rings. The van der Waals surface area contributed by atoms with Crippen molar-refractivity contribution in [1.29, 1.82) is 0 Å². The maximum absolute atomic E-state index is 13.2. The second kappa shape index (κ2) is 8.01. The Kier molecular flexibility index (Phi) is 5.68. The van der Waals surface area contributed by atoms with Crippen LogP contribution >= 0.6 is 0 Å². The monoisotopic (exact) mass is 376 g/mol. The van der Waals surface area contributed by atoms with Gasteiger partial charge in [0, 0.05) is 36.3 Å². The number of benzene rings is 2. The highest BCUT2D eigenvalue weighted by molar-refractivity contribution is 6.13. The zero-order valence-electron chi connectivity index (χ0n) is 16.2. The van der Waals surface area contributed by atoms with Crippen LogP contribution in [0.3, 0.4) is 0 Å². The molecule has 28 heavy (non-hydrogen) atoms. The molecule has 1 atom stereocenters. The maximum atomic E-state index is 13.2. The van der Waals surface area contributed by atoms with Crippen LogP contribution in [-0.2, 0) is 9.59 Å². The summed E-state index contributed by atoms with van der Waals surface area (Å²) in [6.45, 7) is 3.75. The molecule has 0 bridgehead atoms. The number of carbonyl (C=O) groups is 4. The lowest BCUT2D eigenvalue weighted by Crippen LogP contribution is -2.44. The van der Waals surface area contributed by atoms with Crippen molar-refractivity contribution in [1.82, 2.24) is 0 Å². The van der Waals surface area contributed by atoms with Crippen molar-refractivity contribution in [3.63, 3.8) is 0 Å². The molecule has 0 spiro atoms. The summed E-state index contributed by atoms with van der Waals surface area (Å²) in [7, 11) is 0. The molecule has 3 rings (SSSR count). The molecule has 0 amide bonds. The topological polar surface area (TPSA) is 68.3 Å². The second-order valence-corrected chi connectivity index (χ2v) is 8.26. The Morgan fingerprint density at radius 3 is 1.82 bits per heavy atom. The SMILES string of the molecule is CC1(C)CC(=O)C(C(CC(=O)c2ccccc2)C(=O)c2ccccc2)C(=O)C1. The molecule has 1 saturated carbocycles. The summed E-state index contributed by atoms with van der Waals surface area (Å²) in [5, 5.41) is 0. The quantitative estimate of drug-likeness (QED) is 0.556. The predicted molar refractivity (Wildman–Crippen MR) is 106 cm³/mol. The van der Waals surface area contributed by atoms with E-state index in [-0.39, 0.29) is 42.4 Å². The van der Waals surface area contributed by atoms with Gasteiger partial charge in [-0.05, 0) is 5.41 Å². The minimum Gasteiger partial charge on any atom is -0.299 e. The fraction of sp³-hybridized carbons (Fsp3) is 0.333. The first-order valence-electron chi connectivity index (χ1n) is 9.51. The lowest BCUT2D eigenvalue weighted by Gasteiger charge is -2.35. The first-order valence-corrected chi connectivity index (χ1v) is 9.51. The second-order valence-electron chi connectivity index (χ2n) is 8.26. The summed E-state index contributed by atoms with van der Waals surface area (Å²) in [4.78, 5) is 51.7. The van der Waals surface area contributed by atoms with Gasteiger partial charge in [0.1, 0.15) is 11.6 Å². The van der Waals surface area contributed by atoms with E-state index in [2.05, 4.69) is 0 Å². The average molecular weight is 376 g/mol. The zero-order valence-corrected chi connectivity index (χ0v) is 16.2. The van der Waals surface area contributed by atoms with Crippen molar-refractivity contribution in [2.24, 2.45) is 17.3 Å². The molecule has 4 nitrogen and oxygen atoms in total. The van der Waals surface area contributed by atoms with E-state index in [1.165, 1.54) is 0 Å². The van der Waals surface area contributed by atoms with Gasteiger partial charge in [0.25, 0.3) is 0 Å². The molecular weight excluding hydrogens is 352 g/mol. The van der Waals surface area contributed by atoms with Gasteiger partial charge in [-0.3, -0.25) is 19.2 Å². The van der Waals surface area contributed by atoms with E-state index in [1.807, 2.05) is 13.8 Å². The molecular formula is C24H24O4. The first kappa shape index (κ1) is 19.9. The molecule has 0 saturated heterocycles. The molecule has 0 radical (unpaired) electrons. The van der Waals surface area contributed by atoms with Gasteiger partial charge in [0.2, 0.25) is 0 Å². The molecule has 144 valence electrons. The third-order valence-corrected chi connectivity index (χ3v) is 5.30. The lowest BCUT2D eigenvalue weighted by molar-refractivity contribution is -0.141. The number of Topliss-reactive ketones (excluding diaryl/α,β-unsaturated/α-hetero) is 4. The van der Waals surface area contributed by atoms with Crippen LogP contribution in [0.15, 0.2) is 60.7 Å². The molecule has 1 aliphatic carbocycles. The van der Waals surface area contributed by atoms with Gasteiger partial charge in [-0.25, -0.2) is 0 Å². The minimum atomic E-state index is -1.05. The molecule has 0 heterocycles. The maximum Gasteiger partial charge on any atom is 0.167 e. The zero-order chi connectivity index (χ0) is 20.3. The standard InChI is InChI=1S/C24H24O4/c1-24(2)14-20(26)22(21(27)15-24)18(23(28)17-11-7-4-8-12-17)13-19(25)16-9-5-3-6-10-16/h3-12,18,22H,13-15H2,1-2H3. The van der Waals surface area contributed by atoms with Crippen molar-refractivity contribution in [3.8, 4) is 0 Å². The van der Waals surface area contributed by atoms with E-state index in [0.717, 1.165) is 0 Å². The summed E-state index contributed by atoms with van der Waals surface area (Å²) < 4.78 is 0. The highest BCUT2D eigenvalue weighted by atomic mass is 16.2. The Hall–Kier alpha value is -2.88.